The first kappa shape index (κ1) is 11.7. The third kappa shape index (κ3) is 3.06. The zero-order chi connectivity index (χ0) is 11.3. The number of halogens is 2. The molecule has 0 saturated heterocycles. The maximum Gasteiger partial charge on any atom is 0.337 e. The van der Waals surface area contributed by atoms with E-state index in [0.29, 0.717) is 11.4 Å². The van der Waals surface area contributed by atoms with Gasteiger partial charge in [0.05, 0.1) is 12.7 Å². The molecule has 0 atom stereocenters. The summed E-state index contributed by atoms with van der Waals surface area (Å²) >= 11 is 5.42. The number of esters is 1. The van der Waals surface area contributed by atoms with Gasteiger partial charge in [-0.1, -0.05) is 18.2 Å². The Morgan fingerprint density at radius 2 is 2.33 bits per heavy atom. The van der Waals surface area contributed by atoms with Crippen LogP contribution in [0.1, 0.15) is 15.9 Å². The molecule has 0 aliphatic heterocycles. The fourth-order valence-electron chi connectivity index (χ4n) is 1.08. The number of methoxy groups -OCH3 is 1. The van der Waals surface area contributed by atoms with Gasteiger partial charge in [-0.2, -0.15) is 0 Å². The number of hydrogen-bond donors (Lipinski definition) is 0. The predicted octanol–water partition coefficient (Wildman–Crippen LogP) is 2.86. The quantitative estimate of drug-likeness (QED) is 0.587. The molecule has 0 bridgehead atoms. The van der Waals surface area contributed by atoms with Gasteiger partial charge in [0.1, 0.15) is 5.82 Å². The van der Waals surface area contributed by atoms with Gasteiger partial charge in [0.2, 0.25) is 0 Å². The van der Waals surface area contributed by atoms with Crippen LogP contribution < -0.4 is 0 Å². The number of alkyl halides is 1. The van der Waals surface area contributed by atoms with Crippen LogP contribution in [0.5, 0.6) is 0 Å². The van der Waals surface area contributed by atoms with Gasteiger partial charge in [0, 0.05) is 11.4 Å². The fourth-order valence-corrected chi connectivity index (χ4v) is 1.17. The molecule has 0 aromatic heterocycles. The van der Waals surface area contributed by atoms with Crippen molar-refractivity contribution in [3.05, 3.63) is 41.2 Å². The lowest BCUT2D eigenvalue weighted by molar-refractivity contribution is 0.0600. The van der Waals surface area contributed by atoms with Gasteiger partial charge in [0.15, 0.2) is 0 Å². The van der Waals surface area contributed by atoms with E-state index in [1.807, 2.05) is 0 Å². The van der Waals surface area contributed by atoms with Crippen LogP contribution in [0.4, 0.5) is 4.39 Å². The summed E-state index contributed by atoms with van der Waals surface area (Å²) in [6.45, 7) is 0. The van der Waals surface area contributed by atoms with Crippen LogP contribution in [0.25, 0.3) is 6.08 Å². The van der Waals surface area contributed by atoms with Gasteiger partial charge < -0.3 is 4.74 Å². The highest BCUT2D eigenvalue weighted by atomic mass is 35.5. The molecular formula is C11H10ClFO2. The number of carbonyl (C=O) groups excluding carboxylic acids is 1. The molecule has 0 N–H and O–H groups in total. The molecule has 0 radical (unpaired) electrons. The van der Waals surface area contributed by atoms with E-state index in [4.69, 9.17) is 11.6 Å². The van der Waals surface area contributed by atoms with Crippen molar-refractivity contribution in [2.45, 2.75) is 0 Å². The van der Waals surface area contributed by atoms with Crippen molar-refractivity contribution < 1.29 is 13.9 Å². The number of allylic oxidation sites excluding steroid dienone is 1. The molecule has 0 saturated carbocycles. The van der Waals surface area contributed by atoms with E-state index in [0.717, 1.165) is 6.07 Å². The van der Waals surface area contributed by atoms with Crippen molar-refractivity contribution in [2.24, 2.45) is 0 Å². The largest absolute Gasteiger partial charge is 0.465 e. The third-order valence-corrected chi connectivity index (χ3v) is 1.99. The summed E-state index contributed by atoms with van der Waals surface area (Å²) in [6, 6.07) is 4.15. The van der Waals surface area contributed by atoms with E-state index in [1.165, 1.54) is 19.2 Å². The minimum atomic E-state index is -0.554. The Bertz CT molecular complexity index is 388. The molecule has 0 unspecified atom stereocenters. The molecule has 0 aliphatic carbocycles. The smallest absolute Gasteiger partial charge is 0.337 e. The van der Waals surface area contributed by atoms with Crippen LogP contribution in [-0.2, 0) is 4.74 Å². The standard InChI is InChI=1S/C11H10ClFO2/c1-15-11(14)9-5-4-8(3-2-6-12)10(13)7-9/h2-5,7H,6H2,1H3. The number of benzene rings is 1. The van der Waals surface area contributed by atoms with Crippen molar-refractivity contribution in [1.82, 2.24) is 0 Å². The topological polar surface area (TPSA) is 26.3 Å². The van der Waals surface area contributed by atoms with Gasteiger partial charge in [-0.15, -0.1) is 11.6 Å². The maximum absolute atomic E-state index is 13.4. The summed E-state index contributed by atoms with van der Waals surface area (Å²) in [6.07, 6.45) is 3.18. The van der Waals surface area contributed by atoms with Crippen LogP contribution in [-0.4, -0.2) is 19.0 Å². The molecule has 80 valence electrons. The summed E-state index contributed by atoms with van der Waals surface area (Å²) in [7, 11) is 1.25. The number of rotatable bonds is 3. The molecule has 0 amide bonds. The van der Waals surface area contributed by atoms with Crippen LogP contribution >= 0.6 is 11.6 Å². The van der Waals surface area contributed by atoms with Gasteiger partial charge in [-0.05, 0) is 12.1 Å². The SMILES string of the molecule is COC(=O)c1ccc(C=CCCl)c(F)c1. The second-order valence-corrected chi connectivity index (χ2v) is 3.09. The Morgan fingerprint density at radius 1 is 1.60 bits per heavy atom. The number of hydrogen-bond acceptors (Lipinski definition) is 2. The molecule has 1 aromatic rings. The van der Waals surface area contributed by atoms with Gasteiger partial charge in [-0.3, -0.25) is 0 Å². The number of ether oxygens (including phenoxy) is 1. The van der Waals surface area contributed by atoms with E-state index >= 15 is 0 Å². The second kappa shape index (κ2) is 5.51. The molecule has 15 heavy (non-hydrogen) atoms. The Labute approximate surface area is 92.3 Å². The normalized spacial score (nSPS) is 10.6. The molecule has 0 fully saturated rings. The van der Waals surface area contributed by atoms with Crippen LogP contribution in [0, 0.1) is 5.82 Å². The lowest BCUT2D eigenvalue weighted by Gasteiger charge is -2.01. The van der Waals surface area contributed by atoms with Crippen molar-refractivity contribution in [3.8, 4) is 0 Å². The van der Waals surface area contributed by atoms with E-state index in [-0.39, 0.29) is 5.56 Å². The van der Waals surface area contributed by atoms with E-state index in [2.05, 4.69) is 4.74 Å². The van der Waals surface area contributed by atoms with Crippen LogP contribution in [0.15, 0.2) is 24.3 Å². The molecule has 2 nitrogen and oxygen atoms in total. The first-order valence-corrected chi connectivity index (χ1v) is 4.83. The first-order chi connectivity index (χ1) is 7.19. The Balaban J connectivity index is 2.98. The Kier molecular flexibility index (Phi) is 4.31. The van der Waals surface area contributed by atoms with Crippen LogP contribution in [0.2, 0.25) is 0 Å². The highest BCUT2D eigenvalue weighted by Crippen LogP contribution is 2.13. The average molecular weight is 229 g/mol. The van der Waals surface area contributed by atoms with Crippen molar-refractivity contribution in [3.63, 3.8) is 0 Å². The summed E-state index contributed by atoms with van der Waals surface area (Å²) in [5, 5.41) is 0. The van der Waals surface area contributed by atoms with E-state index in [9.17, 15) is 9.18 Å². The minimum absolute atomic E-state index is 0.193. The number of carbonyl (C=O) groups is 1. The van der Waals surface area contributed by atoms with Gasteiger partial charge in [-0.25, -0.2) is 9.18 Å². The molecular weight excluding hydrogens is 219 g/mol. The van der Waals surface area contributed by atoms with Gasteiger partial charge >= 0.3 is 5.97 Å². The zero-order valence-electron chi connectivity index (χ0n) is 8.17. The average Bonchev–Trinajstić information content (AvgIpc) is 2.26. The van der Waals surface area contributed by atoms with E-state index < -0.39 is 11.8 Å². The summed E-state index contributed by atoms with van der Waals surface area (Å²) < 4.78 is 17.8. The molecule has 1 rings (SSSR count). The van der Waals surface area contributed by atoms with Crippen LogP contribution in [0.3, 0.4) is 0 Å². The summed E-state index contributed by atoms with van der Waals surface area (Å²) in [5.74, 6) is -0.709. The Hall–Kier alpha value is -1.35. The van der Waals surface area contributed by atoms with Crippen molar-refractivity contribution in [2.75, 3.05) is 13.0 Å². The third-order valence-electron chi connectivity index (χ3n) is 1.81. The lowest BCUT2D eigenvalue weighted by atomic mass is 10.1. The second-order valence-electron chi connectivity index (χ2n) is 2.78. The Morgan fingerprint density at radius 3 is 2.87 bits per heavy atom. The molecule has 0 aliphatic rings. The first-order valence-electron chi connectivity index (χ1n) is 4.29. The molecule has 4 heteroatoms. The minimum Gasteiger partial charge on any atom is -0.465 e. The lowest BCUT2D eigenvalue weighted by Crippen LogP contribution is -2.01. The van der Waals surface area contributed by atoms with Crippen molar-refractivity contribution in [1.29, 1.82) is 0 Å². The van der Waals surface area contributed by atoms with E-state index in [1.54, 1.807) is 12.2 Å². The highest BCUT2D eigenvalue weighted by Gasteiger charge is 2.07. The molecule has 0 spiro atoms. The van der Waals surface area contributed by atoms with Gasteiger partial charge in [0.25, 0.3) is 0 Å². The molecule has 1 aromatic carbocycles. The van der Waals surface area contributed by atoms with Crippen molar-refractivity contribution >= 4 is 23.6 Å². The summed E-state index contributed by atoms with van der Waals surface area (Å²) in [4.78, 5) is 11.1. The summed E-state index contributed by atoms with van der Waals surface area (Å²) in [5.41, 5.74) is 0.585. The zero-order valence-corrected chi connectivity index (χ0v) is 8.92. The highest BCUT2D eigenvalue weighted by molar-refractivity contribution is 6.19. The fraction of sp³-hybridized carbons (Fsp3) is 0.182. The molecule has 0 heterocycles. The maximum atomic E-state index is 13.4. The monoisotopic (exact) mass is 228 g/mol. The predicted molar refractivity (Wildman–Crippen MR) is 57.5 cm³/mol.